The molecule has 1 aromatic rings. The Kier molecular flexibility index (Phi) is 4.03. The minimum Gasteiger partial charge on any atom is -0.342 e. The number of nitrogens with zero attached hydrogens (tertiary/aromatic N) is 2. The molecule has 21 heavy (non-hydrogen) atoms. The van der Waals surface area contributed by atoms with Crippen LogP contribution in [0.25, 0.3) is 0 Å². The van der Waals surface area contributed by atoms with E-state index in [4.69, 9.17) is 0 Å². The molecule has 1 aliphatic rings. The molecule has 2 rings (SSSR count). The van der Waals surface area contributed by atoms with Gasteiger partial charge in [0.2, 0.25) is 5.91 Å². The van der Waals surface area contributed by atoms with E-state index in [1.165, 1.54) is 0 Å². The van der Waals surface area contributed by atoms with Gasteiger partial charge in [-0.05, 0) is 30.9 Å². The number of anilines is 1. The van der Waals surface area contributed by atoms with Crippen LogP contribution in [0.3, 0.4) is 0 Å². The van der Waals surface area contributed by atoms with Crippen molar-refractivity contribution in [2.24, 2.45) is 5.41 Å². The molecule has 114 valence electrons. The molecule has 1 aliphatic heterocycles. The zero-order valence-corrected chi connectivity index (χ0v) is 13.3. The highest BCUT2D eigenvalue weighted by Gasteiger charge is 2.45. The third-order valence-electron chi connectivity index (χ3n) is 3.81. The van der Waals surface area contributed by atoms with Crippen LogP contribution in [0.2, 0.25) is 0 Å². The van der Waals surface area contributed by atoms with E-state index in [0.717, 1.165) is 5.69 Å². The Morgan fingerprint density at radius 1 is 1.29 bits per heavy atom. The van der Waals surface area contributed by atoms with Crippen molar-refractivity contribution in [1.29, 1.82) is 0 Å². The summed E-state index contributed by atoms with van der Waals surface area (Å²) in [6.45, 7) is 9.66. The predicted molar refractivity (Wildman–Crippen MR) is 81.9 cm³/mol. The maximum absolute atomic E-state index is 12.9. The lowest BCUT2D eigenvalue weighted by atomic mass is 9.83. The Morgan fingerprint density at radius 3 is 2.43 bits per heavy atom. The van der Waals surface area contributed by atoms with Crippen LogP contribution in [-0.2, 0) is 9.59 Å². The summed E-state index contributed by atoms with van der Waals surface area (Å²) >= 11 is 0. The second kappa shape index (κ2) is 5.47. The predicted octanol–water partition coefficient (Wildman–Crippen LogP) is 2.05. The van der Waals surface area contributed by atoms with E-state index in [0.29, 0.717) is 12.1 Å². The SMILES string of the molecule is CCC1C(=O)NC(C(C)(C)C)C(=O)N1c1ccc(C)nc1. The van der Waals surface area contributed by atoms with Crippen molar-refractivity contribution >= 4 is 17.5 Å². The van der Waals surface area contributed by atoms with Crippen molar-refractivity contribution in [2.45, 2.75) is 53.1 Å². The molecule has 0 aromatic carbocycles. The molecule has 2 heterocycles. The highest BCUT2D eigenvalue weighted by atomic mass is 16.2. The third-order valence-corrected chi connectivity index (χ3v) is 3.81. The number of aryl methyl sites for hydroxylation is 1. The molecule has 2 unspecified atom stereocenters. The van der Waals surface area contributed by atoms with Gasteiger partial charge < -0.3 is 5.32 Å². The lowest BCUT2D eigenvalue weighted by molar-refractivity contribution is -0.136. The second-order valence-electron chi connectivity index (χ2n) is 6.60. The summed E-state index contributed by atoms with van der Waals surface area (Å²) < 4.78 is 0. The van der Waals surface area contributed by atoms with E-state index in [-0.39, 0.29) is 17.2 Å². The highest BCUT2D eigenvalue weighted by Crippen LogP contribution is 2.29. The smallest absolute Gasteiger partial charge is 0.250 e. The summed E-state index contributed by atoms with van der Waals surface area (Å²) in [5, 5.41) is 2.87. The number of carbonyl (C=O) groups excluding carboxylic acids is 2. The first-order chi connectivity index (χ1) is 9.75. The fraction of sp³-hybridized carbons (Fsp3) is 0.562. The molecule has 1 fully saturated rings. The van der Waals surface area contributed by atoms with Crippen molar-refractivity contribution < 1.29 is 9.59 Å². The van der Waals surface area contributed by atoms with Gasteiger partial charge in [-0.3, -0.25) is 19.5 Å². The summed E-state index contributed by atoms with van der Waals surface area (Å²) in [5.74, 6) is -0.169. The number of nitrogens with one attached hydrogen (secondary N) is 1. The van der Waals surface area contributed by atoms with Crippen LogP contribution in [0.4, 0.5) is 5.69 Å². The van der Waals surface area contributed by atoms with Crippen molar-refractivity contribution in [1.82, 2.24) is 10.3 Å². The first-order valence-electron chi connectivity index (χ1n) is 7.31. The monoisotopic (exact) mass is 289 g/mol. The van der Waals surface area contributed by atoms with E-state index >= 15 is 0 Å². The van der Waals surface area contributed by atoms with Crippen LogP contribution in [0.15, 0.2) is 18.3 Å². The van der Waals surface area contributed by atoms with Gasteiger partial charge in [0.05, 0.1) is 11.9 Å². The molecule has 0 saturated carbocycles. The van der Waals surface area contributed by atoms with Crippen molar-refractivity contribution in [2.75, 3.05) is 4.90 Å². The Morgan fingerprint density at radius 2 is 1.95 bits per heavy atom. The summed E-state index contributed by atoms with van der Waals surface area (Å²) in [6, 6.07) is 2.71. The minimum absolute atomic E-state index is 0.0698. The summed E-state index contributed by atoms with van der Waals surface area (Å²) in [7, 11) is 0. The number of carbonyl (C=O) groups is 2. The Bertz CT molecular complexity index is 546. The Labute approximate surface area is 125 Å². The molecule has 5 heteroatoms. The van der Waals surface area contributed by atoms with Gasteiger partial charge in [0, 0.05) is 5.69 Å². The zero-order valence-electron chi connectivity index (χ0n) is 13.3. The third kappa shape index (κ3) is 2.91. The Hall–Kier alpha value is -1.91. The summed E-state index contributed by atoms with van der Waals surface area (Å²) in [5.41, 5.74) is 1.23. The molecule has 1 saturated heterocycles. The van der Waals surface area contributed by atoms with Gasteiger partial charge in [-0.2, -0.15) is 0 Å². The number of pyridine rings is 1. The number of amides is 2. The number of piperazine rings is 1. The molecule has 2 amide bonds. The maximum Gasteiger partial charge on any atom is 0.250 e. The number of hydrogen-bond acceptors (Lipinski definition) is 3. The van der Waals surface area contributed by atoms with Crippen LogP contribution in [0.1, 0.15) is 39.8 Å². The van der Waals surface area contributed by atoms with E-state index in [9.17, 15) is 9.59 Å². The van der Waals surface area contributed by atoms with E-state index in [1.54, 1.807) is 11.1 Å². The van der Waals surface area contributed by atoms with Crippen LogP contribution in [-0.4, -0.2) is 28.9 Å². The topological polar surface area (TPSA) is 62.3 Å². The molecule has 0 radical (unpaired) electrons. The van der Waals surface area contributed by atoms with Gasteiger partial charge in [0.1, 0.15) is 12.1 Å². The van der Waals surface area contributed by atoms with Gasteiger partial charge >= 0.3 is 0 Å². The fourth-order valence-electron chi connectivity index (χ4n) is 2.57. The summed E-state index contributed by atoms with van der Waals surface area (Å²) in [4.78, 5) is 31.1. The van der Waals surface area contributed by atoms with Gasteiger partial charge in [-0.1, -0.05) is 27.7 Å². The lowest BCUT2D eigenvalue weighted by Gasteiger charge is -2.42. The second-order valence-corrected chi connectivity index (χ2v) is 6.60. The lowest BCUT2D eigenvalue weighted by Crippen LogP contribution is -2.66. The molecule has 5 nitrogen and oxygen atoms in total. The highest BCUT2D eigenvalue weighted by molar-refractivity contribution is 6.08. The van der Waals surface area contributed by atoms with Crippen molar-refractivity contribution in [3.05, 3.63) is 24.0 Å². The van der Waals surface area contributed by atoms with Crippen molar-refractivity contribution in [3.63, 3.8) is 0 Å². The normalized spacial score (nSPS) is 23.2. The van der Waals surface area contributed by atoms with Crippen LogP contribution >= 0.6 is 0 Å². The maximum atomic E-state index is 12.9. The number of aromatic nitrogens is 1. The fourth-order valence-corrected chi connectivity index (χ4v) is 2.57. The standard InChI is InChI=1S/C16H23N3O2/c1-6-12-14(20)18-13(16(3,4)5)15(21)19(12)11-8-7-10(2)17-9-11/h7-9,12-13H,6H2,1-5H3,(H,18,20). The zero-order chi connectivity index (χ0) is 15.8. The number of rotatable bonds is 2. The van der Waals surface area contributed by atoms with Gasteiger partial charge in [0.15, 0.2) is 0 Å². The van der Waals surface area contributed by atoms with Crippen molar-refractivity contribution in [3.8, 4) is 0 Å². The number of hydrogen-bond donors (Lipinski definition) is 1. The van der Waals surface area contributed by atoms with E-state index < -0.39 is 12.1 Å². The first-order valence-corrected chi connectivity index (χ1v) is 7.31. The average Bonchev–Trinajstić information content (AvgIpc) is 2.40. The molecule has 2 atom stereocenters. The first kappa shape index (κ1) is 15.5. The molecule has 0 aliphatic carbocycles. The minimum atomic E-state index is -0.519. The molecule has 1 N–H and O–H groups in total. The molecule has 1 aromatic heterocycles. The molecular weight excluding hydrogens is 266 g/mol. The van der Waals surface area contributed by atoms with Crippen LogP contribution < -0.4 is 10.2 Å². The Balaban J connectivity index is 2.44. The van der Waals surface area contributed by atoms with Gasteiger partial charge in [-0.15, -0.1) is 0 Å². The quantitative estimate of drug-likeness (QED) is 0.906. The van der Waals surface area contributed by atoms with E-state index in [2.05, 4.69) is 10.3 Å². The molecule has 0 bridgehead atoms. The van der Waals surface area contributed by atoms with Gasteiger partial charge in [0.25, 0.3) is 5.91 Å². The van der Waals surface area contributed by atoms with Gasteiger partial charge in [-0.25, -0.2) is 0 Å². The van der Waals surface area contributed by atoms with E-state index in [1.807, 2.05) is 46.8 Å². The molecule has 0 spiro atoms. The van der Waals surface area contributed by atoms with Crippen LogP contribution in [0.5, 0.6) is 0 Å². The summed E-state index contributed by atoms with van der Waals surface area (Å²) in [6.07, 6.45) is 2.23. The largest absolute Gasteiger partial charge is 0.342 e. The van der Waals surface area contributed by atoms with Crippen LogP contribution in [0, 0.1) is 12.3 Å². The molecular formula is C16H23N3O2. The average molecular weight is 289 g/mol.